The second-order valence-corrected chi connectivity index (χ2v) is 5.04. The molecular formula is C17H15N3O3. The van der Waals surface area contributed by atoms with Gasteiger partial charge in [-0.25, -0.2) is 4.98 Å². The number of hydrogen-bond donors (Lipinski definition) is 2. The Morgan fingerprint density at radius 2 is 1.91 bits per heavy atom. The number of aliphatic hydroxyl groups excluding tert-OH is 1. The maximum Gasteiger partial charge on any atom is 0.270 e. The highest BCUT2D eigenvalue weighted by Crippen LogP contribution is 2.10. The van der Waals surface area contributed by atoms with Crippen LogP contribution in [0.3, 0.4) is 0 Å². The molecule has 0 bridgehead atoms. The molecule has 3 aromatic rings. The summed E-state index contributed by atoms with van der Waals surface area (Å²) in [6.45, 7) is 0.0137. The van der Waals surface area contributed by atoms with Crippen molar-refractivity contribution >= 4 is 11.6 Å². The smallest absolute Gasteiger partial charge is 0.270 e. The Bertz CT molecular complexity index is 890. The molecule has 0 saturated heterocycles. The van der Waals surface area contributed by atoms with Crippen LogP contribution in [0.5, 0.6) is 0 Å². The van der Waals surface area contributed by atoms with E-state index < -0.39 is 17.6 Å². The average molecular weight is 309 g/mol. The zero-order valence-corrected chi connectivity index (χ0v) is 12.2. The molecule has 1 unspecified atom stereocenters. The molecule has 0 saturated carbocycles. The van der Waals surface area contributed by atoms with E-state index in [4.69, 9.17) is 0 Å². The summed E-state index contributed by atoms with van der Waals surface area (Å²) >= 11 is 0. The van der Waals surface area contributed by atoms with Gasteiger partial charge in [0, 0.05) is 18.9 Å². The Kier molecular flexibility index (Phi) is 4.16. The van der Waals surface area contributed by atoms with Gasteiger partial charge >= 0.3 is 0 Å². The lowest BCUT2D eigenvalue weighted by Crippen LogP contribution is -2.34. The van der Waals surface area contributed by atoms with Crippen LogP contribution >= 0.6 is 0 Å². The normalized spacial score (nSPS) is 12.0. The number of carbonyl (C=O) groups excluding carboxylic acids is 1. The van der Waals surface area contributed by atoms with Gasteiger partial charge in [0.15, 0.2) is 0 Å². The van der Waals surface area contributed by atoms with Crippen molar-refractivity contribution in [3.8, 4) is 0 Å². The third-order valence-electron chi connectivity index (χ3n) is 3.50. The van der Waals surface area contributed by atoms with Gasteiger partial charge in [0.05, 0.1) is 6.10 Å². The number of pyridine rings is 1. The molecule has 116 valence electrons. The van der Waals surface area contributed by atoms with Crippen LogP contribution in [0.4, 0.5) is 0 Å². The first kappa shape index (κ1) is 14.9. The molecule has 0 aliphatic carbocycles. The Morgan fingerprint density at radius 3 is 2.70 bits per heavy atom. The van der Waals surface area contributed by atoms with Gasteiger partial charge in [0.1, 0.15) is 11.2 Å². The average Bonchev–Trinajstić information content (AvgIpc) is 2.60. The molecule has 0 fully saturated rings. The number of rotatable bonds is 4. The lowest BCUT2D eigenvalue weighted by molar-refractivity contribution is 0.0914. The Balaban J connectivity index is 1.76. The van der Waals surface area contributed by atoms with Crippen molar-refractivity contribution in [3.63, 3.8) is 0 Å². The summed E-state index contributed by atoms with van der Waals surface area (Å²) in [6.07, 6.45) is 1.97. The molecule has 2 aromatic heterocycles. The summed E-state index contributed by atoms with van der Waals surface area (Å²) in [5.74, 6) is -0.560. The lowest BCUT2D eigenvalue weighted by Gasteiger charge is -2.12. The van der Waals surface area contributed by atoms with Gasteiger partial charge in [0.2, 0.25) is 0 Å². The van der Waals surface area contributed by atoms with E-state index in [9.17, 15) is 14.7 Å². The number of nitrogens with zero attached hydrogens (tertiary/aromatic N) is 2. The summed E-state index contributed by atoms with van der Waals surface area (Å²) in [5, 5.41) is 12.6. The van der Waals surface area contributed by atoms with E-state index in [-0.39, 0.29) is 12.1 Å². The Hall–Kier alpha value is -2.99. The van der Waals surface area contributed by atoms with Gasteiger partial charge in [-0.3, -0.25) is 14.0 Å². The number of amides is 1. The molecule has 1 amide bonds. The van der Waals surface area contributed by atoms with Crippen LogP contribution in [0.15, 0.2) is 65.7 Å². The maximum atomic E-state index is 12.3. The molecule has 1 atom stereocenters. The fraction of sp³-hybridized carbons (Fsp3) is 0.118. The van der Waals surface area contributed by atoms with E-state index in [0.717, 1.165) is 0 Å². The monoisotopic (exact) mass is 309 g/mol. The summed E-state index contributed by atoms with van der Waals surface area (Å²) in [7, 11) is 0. The van der Waals surface area contributed by atoms with Crippen molar-refractivity contribution in [2.75, 3.05) is 6.54 Å². The summed E-state index contributed by atoms with van der Waals surface area (Å²) < 4.78 is 1.31. The van der Waals surface area contributed by atoms with Crippen molar-refractivity contribution in [2.45, 2.75) is 6.10 Å². The topological polar surface area (TPSA) is 83.7 Å². The standard InChI is InChI=1S/C17H15N3O3/c21-14(12-6-2-1-3-7-12)11-19-16(22)13-10-18-15-8-4-5-9-20(15)17(13)23/h1-10,14,21H,11H2,(H,19,22). The molecule has 0 aliphatic heterocycles. The van der Waals surface area contributed by atoms with Crippen molar-refractivity contribution in [1.29, 1.82) is 0 Å². The molecular weight excluding hydrogens is 294 g/mol. The molecule has 0 spiro atoms. The first-order valence-electron chi connectivity index (χ1n) is 7.14. The van der Waals surface area contributed by atoms with Crippen molar-refractivity contribution in [1.82, 2.24) is 14.7 Å². The second kappa shape index (κ2) is 6.41. The zero-order chi connectivity index (χ0) is 16.2. The fourth-order valence-electron chi connectivity index (χ4n) is 2.26. The van der Waals surface area contributed by atoms with Gasteiger partial charge in [-0.2, -0.15) is 0 Å². The van der Waals surface area contributed by atoms with Crippen LogP contribution < -0.4 is 10.9 Å². The Labute approximate surface area is 132 Å². The highest BCUT2D eigenvalue weighted by Gasteiger charge is 2.15. The maximum absolute atomic E-state index is 12.3. The fourth-order valence-corrected chi connectivity index (χ4v) is 2.26. The van der Waals surface area contributed by atoms with Crippen molar-refractivity contribution in [3.05, 3.63) is 82.4 Å². The van der Waals surface area contributed by atoms with Crippen molar-refractivity contribution < 1.29 is 9.90 Å². The summed E-state index contributed by atoms with van der Waals surface area (Å²) in [6, 6.07) is 14.1. The third kappa shape index (κ3) is 3.12. The van der Waals surface area contributed by atoms with E-state index in [2.05, 4.69) is 10.3 Å². The van der Waals surface area contributed by atoms with Gasteiger partial charge in [0.25, 0.3) is 11.5 Å². The Morgan fingerprint density at radius 1 is 1.17 bits per heavy atom. The van der Waals surface area contributed by atoms with Gasteiger partial charge in [-0.05, 0) is 17.7 Å². The van der Waals surface area contributed by atoms with E-state index in [1.807, 2.05) is 6.07 Å². The van der Waals surface area contributed by atoms with E-state index in [1.54, 1.807) is 48.7 Å². The number of nitrogens with one attached hydrogen (secondary N) is 1. The van der Waals surface area contributed by atoms with Crippen LogP contribution in [0, 0.1) is 0 Å². The van der Waals surface area contributed by atoms with Crippen molar-refractivity contribution in [2.24, 2.45) is 0 Å². The molecule has 0 radical (unpaired) electrons. The zero-order valence-electron chi connectivity index (χ0n) is 12.2. The summed E-state index contributed by atoms with van der Waals surface area (Å²) in [4.78, 5) is 28.5. The van der Waals surface area contributed by atoms with Gasteiger partial charge in [-0.1, -0.05) is 36.4 Å². The molecule has 6 heteroatoms. The summed E-state index contributed by atoms with van der Waals surface area (Å²) in [5.41, 5.74) is 0.663. The molecule has 1 aromatic carbocycles. The highest BCUT2D eigenvalue weighted by atomic mass is 16.3. The van der Waals surface area contributed by atoms with Crippen LogP contribution in [0.2, 0.25) is 0 Å². The molecule has 6 nitrogen and oxygen atoms in total. The minimum Gasteiger partial charge on any atom is -0.387 e. The first-order chi connectivity index (χ1) is 11.2. The van der Waals surface area contributed by atoms with E-state index in [1.165, 1.54) is 10.6 Å². The minimum absolute atomic E-state index is 0.0137. The van der Waals surface area contributed by atoms with Crippen LogP contribution in [-0.4, -0.2) is 26.9 Å². The number of hydrogen-bond acceptors (Lipinski definition) is 4. The predicted molar refractivity (Wildman–Crippen MR) is 85.2 cm³/mol. The number of fused-ring (bicyclic) bond motifs is 1. The molecule has 3 rings (SSSR count). The minimum atomic E-state index is -0.837. The number of aromatic nitrogens is 2. The first-order valence-corrected chi connectivity index (χ1v) is 7.14. The van der Waals surface area contributed by atoms with E-state index in [0.29, 0.717) is 11.2 Å². The van der Waals surface area contributed by atoms with E-state index >= 15 is 0 Å². The number of aliphatic hydroxyl groups is 1. The highest BCUT2D eigenvalue weighted by molar-refractivity contribution is 5.93. The third-order valence-corrected chi connectivity index (χ3v) is 3.50. The largest absolute Gasteiger partial charge is 0.387 e. The molecule has 2 N–H and O–H groups in total. The van der Waals surface area contributed by atoms with Crippen LogP contribution in [-0.2, 0) is 0 Å². The molecule has 2 heterocycles. The predicted octanol–water partition coefficient (Wildman–Crippen LogP) is 1.16. The van der Waals surface area contributed by atoms with Crippen LogP contribution in [0.25, 0.3) is 5.65 Å². The quantitative estimate of drug-likeness (QED) is 0.757. The van der Waals surface area contributed by atoms with Gasteiger partial charge in [-0.15, -0.1) is 0 Å². The van der Waals surface area contributed by atoms with Crippen LogP contribution in [0.1, 0.15) is 22.0 Å². The SMILES string of the molecule is O=C(NCC(O)c1ccccc1)c1cnc2ccccn2c1=O. The molecule has 23 heavy (non-hydrogen) atoms. The molecule has 0 aliphatic rings. The lowest BCUT2D eigenvalue weighted by atomic mass is 10.1. The number of benzene rings is 1. The van der Waals surface area contributed by atoms with Gasteiger partial charge < -0.3 is 10.4 Å². The number of carbonyl (C=O) groups is 1. The second-order valence-electron chi connectivity index (χ2n) is 5.04.